The van der Waals surface area contributed by atoms with Crippen LogP contribution in [0.4, 0.5) is 5.95 Å². The van der Waals surface area contributed by atoms with E-state index in [1.165, 1.54) is 19.8 Å². The summed E-state index contributed by atoms with van der Waals surface area (Å²) in [5.41, 5.74) is 6.39. The van der Waals surface area contributed by atoms with Gasteiger partial charge in [-0.2, -0.15) is 0 Å². The van der Waals surface area contributed by atoms with Gasteiger partial charge in [-0.15, -0.1) is 0 Å². The monoisotopic (exact) mass is 332 g/mol. The van der Waals surface area contributed by atoms with Gasteiger partial charge in [-0.3, -0.25) is 14.5 Å². The molecule has 0 aliphatic carbocycles. The Kier molecular flexibility index (Phi) is 4.94. The average molecular weight is 332 g/mol. The Bertz CT molecular complexity index is 616. The molecule has 3 heterocycles. The molecule has 1 atom stereocenters. The molecule has 0 spiro atoms. The zero-order valence-corrected chi connectivity index (χ0v) is 14.0. The Hall–Kier alpha value is -2.22. The number of hydrogen-bond acceptors (Lipinski definition) is 6. The van der Waals surface area contributed by atoms with Crippen molar-refractivity contribution in [1.29, 1.82) is 0 Å². The van der Waals surface area contributed by atoms with Crippen molar-refractivity contribution in [3.63, 3.8) is 0 Å². The van der Waals surface area contributed by atoms with E-state index in [9.17, 15) is 9.59 Å². The first-order valence-electron chi connectivity index (χ1n) is 8.40. The van der Waals surface area contributed by atoms with Gasteiger partial charge in [0.25, 0.3) is 0 Å². The molecular formula is C16H24N6O2. The number of primary amides is 1. The van der Waals surface area contributed by atoms with Gasteiger partial charge in [0.2, 0.25) is 17.8 Å². The number of amides is 2. The highest BCUT2D eigenvalue weighted by molar-refractivity contribution is 5.86. The number of nitrogens with zero attached hydrogens (tertiary/aromatic N) is 5. The Labute approximate surface area is 141 Å². The minimum absolute atomic E-state index is 0.114. The van der Waals surface area contributed by atoms with Crippen molar-refractivity contribution in [2.75, 3.05) is 37.6 Å². The fraction of sp³-hybridized carbons (Fsp3) is 0.625. The number of rotatable bonds is 4. The van der Waals surface area contributed by atoms with Crippen molar-refractivity contribution in [1.82, 2.24) is 19.8 Å². The molecule has 0 aromatic carbocycles. The number of carbonyl (C=O) groups is 2. The van der Waals surface area contributed by atoms with Gasteiger partial charge in [0.05, 0.1) is 5.69 Å². The molecule has 0 bridgehead atoms. The average Bonchev–Trinajstić information content (AvgIpc) is 3.09. The lowest BCUT2D eigenvalue weighted by Crippen LogP contribution is -2.59. The zero-order valence-electron chi connectivity index (χ0n) is 14.0. The van der Waals surface area contributed by atoms with Crippen molar-refractivity contribution in [3.05, 3.63) is 18.0 Å². The molecule has 2 aliphatic rings. The van der Waals surface area contributed by atoms with Crippen molar-refractivity contribution >= 4 is 17.8 Å². The van der Waals surface area contributed by atoms with E-state index in [1.807, 2.05) is 6.07 Å². The molecule has 1 aromatic heterocycles. The summed E-state index contributed by atoms with van der Waals surface area (Å²) < 4.78 is 0. The normalized spacial score (nSPS) is 22.0. The van der Waals surface area contributed by atoms with Gasteiger partial charge in [0.1, 0.15) is 6.04 Å². The van der Waals surface area contributed by atoms with Gasteiger partial charge in [0.15, 0.2) is 0 Å². The van der Waals surface area contributed by atoms with Gasteiger partial charge in [-0.1, -0.05) is 0 Å². The standard InChI is InChI=1S/C16H24N6O2/c1-12(23)22-9-8-20(11-14(22)15(17)24)10-13-4-5-18-16(19-13)21-6-2-3-7-21/h4-5,14H,2-3,6-11H2,1H3,(H2,17,24)/t14-/m0/s1. The third-order valence-electron chi connectivity index (χ3n) is 4.67. The van der Waals surface area contributed by atoms with Gasteiger partial charge >= 0.3 is 0 Å². The van der Waals surface area contributed by atoms with Crippen LogP contribution in [0.1, 0.15) is 25.5 Å². The molecule has 2 aliphatic heterocycles. The Morgan fingerprint density at radius 3 is 2.67 bits per heavy atom. The fourth-order valence-electron chi connectivity index (χ4n) is 3.37. The first kappa shape index (κ1) is 16.6. The number of piperazine rings is 1. The summed E-state index contributed by atoms with van der Waals surface area (Å²) >= 11 is 0. The molecule has 0 saturated carbocycles. The quantitative estimate of drug-likeness (QED) is 0.806. The molecular weight excluding hydrogens is 308 g/mol. The summed E-state index contributed by atoms with van der Waals surface area (Å²) in [6, 6.07) is 1.33. The summed E-state index contributed by atoms with van der Waals surface area (Å²) in [7, 11) is 0. The van der Waals surface area contributed by atoms with Gasteiger partial charge in [-0.25, -0.2) is 9.97 Å². The lowest BCUT2D eigenvalue weighted by molar-refractivity contribution is -0.141. The smallest absolute Gasteiger partial charge is 0.241 e. The van der Waals surface area contributed by atoms with E-state index in [4.69, 9.17) is 5.73 Å². The van der Waals surface area contributed by atoms with E-state index in [1.54, 1.807) is 11.1 Å². The van der Waals surface area contributed by atoms with Crippen LogP contribution in [0.5, 0.6) is 0 Å². The maximum atomic E-state index is 11.7. The van der Waals surface area contributed by atoms with Gasteiger partial charge in [0, 0.05) is 52.4 Å². The molecule has 0 unspecified atom stereocenters. The van der Waals surface area contributed by atoms with Crippen LogP contribution >= 0.6 is 0 Å². The summed E-state index contributed by atoms with van der Waals surface area (Å²) in [6.07, 6.45) is 4.15. The van der Waals surface area contributed by atoms with Crippen LogP contribution in [0.15, 0.2) is 12.3 Å². The molecule has 2 N–H and O–H groups in total. The van der Waals surface area contributed by atoms with E-state index in [0.717, 1.165) is 24.7 Å². The second kappa shape index (κ2) is 7.12. The van der Waals surface area contributed by atoms with E-state index < -0.39 is 11.9 Å². The van der Waals surface area contributed by atoms with Crippen LogP contribution in [-0.4, -0.2) is 70.3 Å². The number of nitrogens with two attached hydrogens (primary N) is 1. The van der Waals surface area contributed by atoms with Gasteiger partial charge in [-0.05, 0) is 18.9 Å². The molecule has 8 heteroatoms. The van der Waals surface area contributed by atoms with Crippen LogP contribution in [0.2, 0.25) is 0 Å². The third-order valence-corrected chi connectivity index (χ3v) is 4.67. The zero-order chi connectivity index (χ0) is 17.1. The molecule has 3 rings (SSSR count). The van der Waals surface area contributed by atoms with E-state index >= 15 is 0 Å². The highest BCUT2D eigenvalue weighted by atomic mass is 16.2. The summed E-state index contributed by atoms with van der Waals surface area (Å²) in [4.78, 5) is 38.2. The first-order chi connectivity index (χ1) is 11.5. The predicted molar refractivity (Wildman–Crippen MR) is 89.1 cm³/mol. The van der Waals surface area contributed by atoms with Crippen LogP contribution in [0.3, 0.4) is 0 Å². The maximum absolute atomic E-state index is 11.7. The molecule has 2 saturated heterocycles. The molecule has 2 fully saturated rings. The van der Waals surface area contributed by atoms with E-state index in [2.05, 4.69) is 19.8 Å². The van der Waals surface area contributed by atoms with Crippen molar-refractivity contribution < 1.29 is 9.59 Å². The Morgan fingerprint density at radius 2 is 2.00 bits per heavy atom. The highest BCUT2D eigenvalue weighted by Crippen LogP contribution is 2.17. The van der Waals surface area contributed by atoms with Gasteiger partial charge < -0.3 is 15.5 Å². The number of hydrogen-bond donors (Lipinski definition) is 1. The molecule has 2 amide bonds. The minimum Gasteiger partial charge on any atom is -0.368 e. The number of carbonyl (C=O) groups excluding carboxylic acids is 2. The van der Waals surface area contributed by atoms with Crippen LogP contribution in [0, 0.1) is 0 Å². The maximum Gasteiger partial charge on any atom is 0.241 e. The SMILES string of the molecule is CC(=O)N1CCN(Cc2ccnc(N3CCCC3)n2)C[C@H]1C(N)=O. The molecule has 24 heavy (non-hydrogen) atoms. The van der Waals surface area contributed by atoms with E-state index in [-0.39, 0.29) is 5.91 Å². The Morgan fingerprint density at radius 1 is 1.25 bits per heavy atom. The molecule has 130 valence electrons. The fourth-order valence-corrected chi connectivity index (χ4v) is 3.37. The van der Waals surface area contributed by atoms with Crippen LogP contribution in [-0.2, 0) is 16.1 Å². The second-order valence-corrected chi connectivity index (χ2v) is 6.41. The summed E-state index contributed by atoms with van der Waals surface area (Å²) in [6.45, 7) is 5.75. The summed E-state index contributed by atoms with van der Waals surface area (Å²) in [5, 5.41) is 0. The predicted octanol–water partition coefficient (Wildman–Crippen LogP) is -0.405. The molecule has 1 aromatic rings. The Balaban J connectivity index is 1.67. The largest absolute Gasteiger partial charge is 0.368 e. The second-order valence-electron chi connectivity index (χ2n) is 6.41. The van der Waals surface area contributed by atoms with Crippen molar-refractivity contribution in [3.8, 4) is 0 Å². The highest BCUT2D eigenvalue weighted by Gasteiger charge is 2.32. The topological polar surface area (TPSA) is 95.7 Å². The number of anilines is 1. The van der Waals surface area contributed by atoms with Crippen LogP contribution < -0.4 is 10.6 Å². The van der Waals surface area contributed by atoms with Crippen molar-refractivity contribution in [2.45, 2.75) is 32.4 Å². The minimum atomic E-state index is -0.573. The number of aromatic nitrogens is 2. The third kappa shape index (κ3) is 3.64. The summed E-state index contributed by atoms with van der Waals surface area (Å²) in [5.74, 6) is 0.200. The molecule has 8 nitrogen and oxygen atoms in total. The first-order valence-corrected chi connectivity index (χ1v) is 8.40. The lowest BCUT2D eigenvalue weighted by atomic mass is 10.1. The van der Waals surface area contributed by atoms with E-state index in [0.29, 0.717) is 26.2 Å². The van der Waals surface area contributed by atoms with Crippen molar-refractivity contribution in [2.24, 2.45) is 5.73 Å². The lowest BCUT2D eigenvalue weighted by Gasteiger charge is -2.39. The molecule has 0 radical (unpaired) electrons. The van der Waals surface area contributed by atoms with Crippen LogP contribution in [0.25, 0.3) is 0 Å².